The first-order chi connectivity index (χ1) is 13.9. The standard InChI is InChI=1S/C26H26FN2/c1-16(2)24-12-11-20-25(28-24)14-18(4)29(5)26(20)21-15-22(23(27)13-17(21)3)19-9-7-6-8-10-19/h6-16H,1-5H3/q+1. The molecule has 3 heteroatoms. The molecule has 0 amide bonds. The zero-order valence-corrected chi connectivity index (χ0v) is 17.6. The van der Waals surface area contributed by atoms with Crippen LogP contribution in [0.3, 0.4) is 0 Å². The van der Waals surface area contributed by atoms with Gasteiger partial charge in [-0.05, 0) is 48.2 Å². The molecule has 0 radical (unpaired) electrons. The summed E-state index contributed by atoms with van der Waals surface area (Å²) in [7, 11) is 2.06. The Hall–Kier alpha value is -3.07. The lowest BCUT2D eigenvalue weighted by Gasteiger charge is -2.13. The first kappa shape index (κ1) is 19.3. The Morgan fingerprint density at radius 3 is 2.31 bits per heavy atom. The van der Waals surface area contributed by atoms with Gasteiger partial charge in [-0.15, -0.1) is 0 Å². The van der Waals surface area contributed by atoms with E-state index in [0.29, 0.717) is 11.5 Å². The van der Waals surface area contributed by atoms with E-state index in [1.165, 1.54) is 0 Å². The van der Waals surface area contributed by atoms with Crippen LogP contribution in [0.1, 0.15) is 36.7 Å². The molecular weight excluding hydrogens is 359 g/mol. The molecule has 4 rings (SSSR count). The van der Waals surface area contributed by atoms with Gasteiger partial charge < -0.3 is 0 Å². The fraction of sp³-hybridized carbons (Fsp3) is 0.231. The van der Waals surface area contributed by atoms with Gasteiger partial charge in [0.25, 0.3) is 0 Å². The SMILES string of the molecule is Cc1cc(F)c(-c2ccccc2)cc1-c1c2ccc(C(C)C)nc2cc(C)[n+]1C. The number of halogens is 1. The third-order valence-electron chi connectivity index (χ3n) is 5.66. The van der Waals surface area contributed by atoms with E-state index in [0.717, 1.165) is 44.7 Å². The molecule has 0 aliphatic heterocycles. The molecule has 2 aromatic carbocycles. The highest BCUT2D eigenvalue weighted by Gasteiger charge is 2.22. The van der Waals surface area contributed by atoms with Gasteiger partial charge in [-0.2, -0.15) is 4.57 Å². The molecule has 4 aromatic rings. The van der Waals surface area contributed by atoms with Crippen LogP contribution in [-0.4, -0.2) is 4.98 Å². The Morgan fingerprint density at radius 2 is 1.62 bits per heavy atom. The number of nitrogens with zero attached hydrogens (tertiary/aromatic N) is 2. The Bertz CT molecular complexity index is 1210. The van der Waals surface area contributed by atoms with Crippen molar-refractivity contribution in [2.24, 2.45) is 7.05 Å². The number of pyridine rings is 2. The highest BCUT2D eigenvalue weighted by Crippen LogP contribution is 2.34. The Balaban J connectivity index is 2.03. The van der Waals surface area contributed by atoms with Gasteiger partial charge in [0.1, 0.15) is 12.9 Å². The highest BCUT2D eigenvalue weighted by molar-refractivity contribution is 5.92. The molecule has 146 valence electrons. The fourth-order valence-corrected chi connectivity index (χ4v) is 3.87. The summed E-state index contributed by atoms with van der Waals surface area (Å²) in [5.74, 6) is 0.173. The summed E-state index contributed by atoms with van der Waals surface area (Å²) in [5, 5.41) is 1.08. The van der Waals surface area contributed by atoms with E-state index in [9.17, 15) is 4.39 Å². The van der Waals surface area contributed by atoms with Gasteiger partial charge >= 0.3 is 0 Å². The second kappa shape index (κ2) is 7.40. The van der Waals surface area contributed by atoms with Crippen molar-refractivity contribution in [3.8, 4) is 22.4 Å². The van der Waals surface area contributed by atoms with Crippen LogP contribution in [-0.2, 0) is 7.05 Å². The lowest BCUT2D eigenvalue weighted by atomic mass is 9.94. The van der Waals surface area contributed by atoms with Crippen LogP contribution in [0.4, 0.5) is 4.39 Å². The van der Waals surface area contributed by atoms with Crippen LogP contribution < -0.4 is 4.57 Å². The number of rotatable bonds is 3. The number of benzene rings is 2. The normalized spacial score (nSPS) is 11.4. The first-order valence-corrected chi connectivity index (χ1v) is 10.0. The predicted octanol–water partition coefficient (Wildman–Crippen LogP) is 6.27. The van der Waals surface area contributed by atoms with Gasteiger partial charge in [0, 0.05) is 24.2 Å². The minimum absolute atomic E-state index is 0.197. The maximum Gasteiger partial charge on any atom is 0.222 e. The van der Waals surface area contributed by atoms with E-state index in [1.54, 1.807) is 6.07 Å². The van der Waals surface area contributed by atoms with E-state index < -0.39 is 0 Å². The largest absolute Gasteiger partial charge is 0.252 e. The summed E-state index contributed by atoms with van der Waals surface area (Å²) >= 11 is 0. The molecule has 2 heterocycles. The molecule has 0 saturated carbocycles. The molecule has 0 N–H and O–H groups in total. The third-order valence-corrected chi connectivity index (χ3v) is 5.66. The zero-order chi connectivity index (χ0) is 20.7. The number of aromatic nitrogens is 2. The molecule has 0 unspecified atom stereocenters. The molecule has 2 nitrogen and oxygen atoms in total. The summed E-state index contributed by atoms with van der Waals surface area (Å²) < 4.78 is 17.0. The second-order valence-electron chi connectivity index (χ2n) is 8.03. The van der Waals surface area contributed by atoms with Crippen LogP contribution in [0.2, 0.25) is 0 Å². The average molecular weight is 386 g/mol. The number of hydrogen-bond donors (Lipinski definition) is 0. The summed E-state index contributed by atoms with van der Waals surface area (Å²) in [6.45, 7) is 8.36. The van der Waals surface area contributed by atoms with E-state index >= 15 is 0 Å². The molecule has 0 fully saturated rings. The summed E-state index contributed by atoms with van der Waals surface area (Å²) in [6, 6.07) is 19.7. The minimum atomic E-state index is -0.197. The van der Waals surface area contributed by atoms with Crippen molar-refractivity contribution < 1.29 is 8.96 Å². The summed E-state index contributed by atoms with van der Waals surface area (Å²) in [4.78, 5) is 4.90. The maximum atomic E-state index is 14.8. The van der Waals surface area contributed by atoms with Crippen molar-refractivity contribution in [1.29, 1.82) is 0 Å². The average Bonchev–Trinajstić information content (AvgIpc) is 2.70. The van der Waals surface area contributed by atoms with Crippen molar-refractivity contribution in [1.82, 2.24) is 4.98 Å². The maximum absolute atomic E-state index is 14.8. The van der Waals surface area contributed by atoms with E-state index in [2.05, 4.69) is 50.6 Å². The van der Waals surface area contributed by atoms with Crippen molar-refractivity contribution in [3.63, 3.8) is 0 Å². The molecular formula is C26H26FN2+. The topological polar surface area (TPSA) is 16.8 Å². The predicted molar refractivity (Wildman–Crippen MR) is 117 cm³/mol. The molecule has 2 aromatic heterocycles. The van der Waals surface area contributed by atoms with Crippen LogP contribution in [0, 0.1) is 19.7 Å². The Morgan fingerprint density at radius 1 is 0.897 bits per heavy atom. The highest BCUT2D eigenvalue weighted by atomic mass is 19.1. The molecule has 0 aliphatic rings. The molecule has 0 atom stereocenters. The molecule has 0 aliphatic carbocycles. The van der Waals surface area contributed by atoms with Gasteiger partial charge in [-0.1, -0.05) is 44.2 Å². The van der Waals surface area contributed by atoms with Gasteiger partial charge in [0.15, 0.2) is 5.69 Å². The van der Waals surface area contributed by atoms with E-state index in [4.69, 9.17) is 4.98 Å². The third kappa shape index (κ3) is 3.42. The monoisotopic (exact) mass is 385 g/mol. The fourth-order valence-electron chi connectivity index (χ4n) is 3.87. The van der Waals surface area contributed by atoms with Crippen molar-refractivity contribution >= 4 is 10.9 Å². The van der Waals surface area contributed by atoms with Gasteiger partial charge in [-0.3, -0.25) is 4.98 Å². The lowest BCUT2D eigenvalue weighted by molar-refractivity contribution is -0.665. The van der Waals surface area contributed by atoms with E-state index in [1.807, 2.05) is 43.3 Å². The Labute approximate surface area is 171 Å². The van der Waals surface area contributed by atoms with Gasteiger partial charge in [-0.25, -0.2) is 4.39 Å². The van der Waals surface area contributed by atoms with Crippen LogP contribution >= 0.6 is 0 Å². The van der Waals surface area contributed by atoms with Crippen LogP contribution in [0.15, 0.2) is 60.7 Å². The number of aryl methyl sites for hydroxylation is 2. The molecule has 0 saturated heterocycles. The van der Waals surface area contributed by atoms with Crippen LogP contribution in [0.25, 0.3) is 33.3 Å². The minimum Gasteiger partial charge on any atom is -0.252 e. The summed E-state index contributed by atoms with van der Waals surface area (Å²) in [6.07, 6.45) is 0. The Kier molecular flexibility index (Phi) is 4.91. The van der Waals surface area contributed by atoms with Crippen molar-refractivity contribution in [3.05, 3.63) is 83.4 Å². The second-order valence-corrected chi connectivity index (χ2v) is 8.03. The first-order valence-electron chi connectivity index (χ1n) is 10.0. The van der Waals surface area contributed by atoms with E-state index in [-0.39, 0.29) is 5.82 Å². The lowest BCUT2D eigenvalue weighted by Crippen LogP contribution is -2.35. The zero-order valence-electron chi connectivity index (χ0n) is 17.6. The molecule has 0 spiro atoms. The van der Waals surface area contributed by atoms with Crippen molar-refractivity contribution in [2.75, 3.05) is 0 Å². The summed E-state index contributed by atoms with van der Waals surface area (Å²) in [5.41, 5.74) is 7.68. The smallest absolute Gasteiger partial charge is 0.222 e. The van der Waals surface area contributed by atoms with Gasteiger partial charge in [0.2, 0.25) is 5.69 Å². The number of fused-ring (bicyclic) bond motifs is 1. The molecule has 0 bridgehead atoms. The van der Waals surface area contributed by atoms with Gasteiger partial charge in [0.05, 0.1) is 16.5 Å². The number of hydrogen-bond acceptors (Lipinski definition) is 1. The van der Waals surface area contributed by atoms with Crippen LogP contribution in [0.5, 0.6) is 0 Å². The quantitative estimate of drug-likeness (QED) is 0.380. The van der Waals surface area contributed by atoms with Crippen molar-refractivity contribution in [2.45, 2.75) is 33.6 Å². The molecule has 29 heavy (non-hydrogen) atoms.